The number of nitrogens with zero attached hydrogens (tertiary/aromatic N) is 1. The lowest BCUT2D eigenvalue weighted by molar-refractivity contribution is 0.456. The second-order valence-corrected chi connectivity index (χ2v) is 7.24. The first-order chi connectivity index (χ1) is 13.8. The largest absolute Gasteiger partial charge is 0.356 e. The highest BCUT2D eigenvalue weighted by Gasteiger charge is 2.10. The maximum absolute atomic E-state index is 4.87. The minimum Gasteiger partial charge on any atom is -0.356 e. The SMILES string of the molecule is C1=Cc2ccccc2C1.Cc1cccc2c1CCC2.c1ccc2oncc2c1. The van der Waals surface area contributed by atoms with Crippen LogP contribution in [0.25, 0.3) is 17.0 Å². The highest BCUT2D eigenvalue weighted by molar-refractivity contribution is 5.75. The Kier molecular flexibility index (Phi) is 5.67. The molecule has 4 aromatic rings. The first kappa shape index (κ1) is 18.2. The molecule has 2 aliphatic rings. The van der Waals surface area contributed by atoms with Crippen LogP contribution in [0.3, 0.4) is 0 Å². The summed E-state index contributed by atoms with van der Waals surface area (Å²) in [5.41, 5.74) is 8.37. The number of aromatic nitrogens is 1. The molecule has 2 heteroatoms. The molecule has 0 unspecified atom stereocenters. The predicted molar refractivity (Wildman–Crippen MR) is 116 cm³/mol. The van der Waals surface area contributed by atoms with Crippen molar-refractivity contribution in [3.8, 4) is 0 Å². The van der Waals surface area contributed by atoms with Crippen LogP contribution in [0, 0.1) is 6.92 Å². The molecule has 1 aromatic heterocycles. The quantitative estimate of drug-likeness (QED) is 0.351. The molecular formula is C26H25NO. The molecule has 0 N–H and O–H groups in total. The van der Waals surface area contributed by atoms with E-state index in [1.807, 2.05) is 24.3 Å². The Hall–Kier alpha value is -3.13. The average Bonchev–Trinajstić information content (AvgIpc) is 3.48. The summed E-state index contributed by atoms with van der Waals surface area (Å²) in [5, 5.41) is 4.68. The van der Waals surface area contributed by atoms with Crippen LogP contribution in [0.1, 0.15) is 34.2 Å². The van der Waals surface area contributed by atoms with Gasteiger partial charge in [-0.05, 0) is 72.6 Å². The molecule has 1 heterocycles. The fraction of sp³-hybridized carbons (Fsp3) is 0.192. The minimum atomic E-state index is 0.845. The molecule has 2 nitrogen and oxygen atoms in total. The van der Waals surface area contributed by atoms with Gasteiger partial charge in [0.15, 0.2) is 5.58 Å². The van der Waals surface area contributed by atoms with Gasteiger partial charge in [0, 0.05) is 5.39 Å². The Morgan fingerprint density at radius 1 is 0.821 bits per heavy atom. The smallest absolute Gasteiger partial charge is 0.166 e. The fourth-order valence-electron chi connectivity index (χ4n) is 3.82. The normalized spacial score (nSPS) is 13.2. The second kappa shape index (κ2) is 8.71. The summed E-state index contributed by atoms with van der Waals surface area (Å²) in [7, 11) is 0. The maximum atomic E-state index is 4.87. The van der Waals surface area contributed by atoms with Gasteiger partial charge in [-0.3, -0.25) is 0 Å². The summed E-state index contributed by atoms with van der Waals surface area (Å²) in [4.78, 5) is 0. The number of allylic oxidation sites excluding steroid dienone is 1. The molecule has 140 valence electrons. The number of rotatable bonds is 0. The van der Waals surface area contributed by atoms with Crippen LogP contribution in [0.5, 0.6) is 0 Å². The molecule has 3 aromatic carbocycles. The highest BCUT2D eigenvalue weighted by atomic mass is 16.5. The van der Waals surface area contributed by atoms with Crippen molar-refractivity contribution in [2.24, 2.45) is 0 Å². The minimum absolute atomic E-state index is 0.845. The summed E-state index contributed by atoms with van der Waals surface area (Å²) in [5.74, 6) is 0. The zero-order valence-corrected chi connectivity index (χ0v) is 16.3. The molecule has 0 radical (unpaired) electrons. The molecule has 0 amide bonds. The van der Waals surface area contributed by atoms with E-state index in [-0.39, 0.29) is 0 Å². The van der Waals surface area contributed by atoms with Gasteiger partial charge < -0.3 is 4.52 Å². The van der Waals surface area contributed by atoms with Crippen LogP contribution in [-0.4, -0.2) is 5.16 Å². The average molecular weight is 367 g/mol. The van der Waals surface area contributed by atoms with E-state index in [9.17, 15) is 0 Å². The van der Waals surface area contributed by atoms with Gasteiger partial charge in [-0.2, -0.15) is 0 Å². The Bertz CT molecular complexity index is 1060. The van der Waals surface area contributed by atoms with Crippen molar-refractivity contribution in [2.75, 3.05) is 0 Å². The van der Waals surface area contributed by atoms with Gasteiger partial charge in [0.05, 0.1) is 6.20 Å². The molecule has 2 aliphatic carbocycles. The third kappa shape index (κ3) is 4.23. The Morgan fingerprint density at radius 3 is 2.50 bits per heavy atom. The molecule has 0 spiro atoms. The van der Waals surface area contributed by atoms with Crippen molar-refractivity contribution in [2.45, 2.75) is 32.6 Å². The summed E-state index contributed by atoms with van der Waals surface area (Å²) < 4.78 is 4.87. The van der Waals surface area contributed by atoms with E-state index < -0.39 is 0 Å². The lowest BCUT2D eigenvalue weighted by Crippen LogP contribution is -1.84. The first-order valence-corrected chi connectivity index (χ1v) is 9.92. The number of para-hydroxylation sites is 1. The molecule has 0 saturated carbocycles. The van der Waals surface area contributed by atoms with E-state index in [0.29, 0.717) is 0 Å². The van der Waals surface area contributed by atoms with Crippen LogP contribution >= 0.6 is 0 Å². The van der Waals surface area contributed by atoms with Crippen molar-refractivity contribution in [3.05, 3.63) is 107 Å². The zero-order valence-electron chi connectivity index (χ0n) is 16.3. The molecule has 0 saturated heterocycles. The number of aryl methyl sites for hydroxylation is 2. The lowest BCUT2D eigenvalue weighted by Gasteiger charge is -2.00. The van der Waals surface area contributed by atoms with Crippen LogP contribution in [0.2, 0.25) is 0 Å². The van der Waals surface area contributed by atoms with Crippen LogP contribution in [0.15, 0.2) is 83.5 Å². The first-order valence-electron chi connectivity index (χ1n) is 9.92. The molecular weight excluding hydrogens is 342 g/mol. The Morgan fingerprint density at radius 2 is 1.64 bits per heavy atom. The van der Waals surface area contributed by atoms with E-state index in [2.05, 4.69) is 66.7 Å². The van der Waals surface area contributed by atoms with E-state index >= 15 is 0 Å². The van der Waals surface area contributed by atoms with Crippen molar-refractivity contribution < 1.29 is 4.52 Å². The topological polar surface area (TPSA) is 26.0 Å². The second-order valence-electron chi connectivity index (χ2n) is 7.24. The Labute approximate surface area is 166 Å². The summed E-state index contributed by atoms with van der Waals surface area (Å²) in [6.45, 7) is 2.21. The molecule has 0 bridgehead atoms. The van der Waals surface area contributed by atoms with E-state index in [1.165, 1.54) is 36.0 Å². The number of hydrogen-bond acceptors (Lipinski definition) is 2. The van der Waals surface area contributed by atoms with Crippen molar-refractivity contribution in [3.63, 3.8) is 0 Å². The fourth-order valence-corrected chi connectivity index (χ4v) is 3.82. The third-order valence-electron chi connectivity index (χ3n) is 5.33. The summed E-state index contributed by atoms with van der Waals surface area (Å²) >= 11 is 0. The van der Waals surface area contributed by atoms with Gasteiger partial charge in [-0.15, -0.1) is 0 Å². The third-order valence-corrected chi connectivity index (χ3v) is 5.33. The van der Waals surface area contributed by atoms with Gasteiger partial charge in [-0.25, -0.2) is 0 Å². The van der Waals surface area contributed by atoms with Gasteiger partial charge in [-0.1, -0.05) is 71.9 Å². The molecule has 28 heavy (non-hydrogen) atoms. The zero-order chi connectivity index (χ0) is 19.2. The maximum Gasteiger partial charge on any atom is 0.166 e. The molecule has 6 rings (SSSR count). The number of benzene rings is 3. The van der Waals surface area contributed by atoms with Gasteiger partial charge in [0.1, 0.15) is 0 Å². The van der Waals surface area contributed by atoms with Crippen LogP contribution in [0.4, 0.5) is 0 Å². The standard InChI is InChI=1S/C10H12.C9H8.C7H5NO/c1-8-4-2-5-9-6-3-7-10(8)9;1-2-5-9-7-3-6-8(9)4-1;1-2-4-7-6(3-1)5-8-9-7/h2,4-5H,3,6-7H2,1H3;1-6H,7H2;1-5H. The van der Waals surface area contributed by atoms with Crippen LogP contribution < -0.4 is 0 Å². The van der Waals surface area contributed by atoms with E-state index in [1.54, 1.807) is 17.3 Å². The van der Waals surface area contributed by atoms with Gasteiger partial charge in [0.25, 0.3) is 0 Å². The molecule has 0 atom stereocenters. The van der Waals surface area contributed by atoms with Gasteiger partial charge in [0.2, 0.25) is 0 Å². The monoisotopic (exact) mass is 367 g/mol. The van der Waals surface area contributed by atoms with Crippen molar-refractivity contribution >= 4 is 17.0 Å². The summed E-state index contributed by atoms with van der Waals surface area (Å²) in [6, 6.07) is 22.9. The number of hydrogen-bond donors (Lipinski definition) is 0. The van der Waals surface area contributed by atoms with E-state index in [4.69, 9.17) is 4.52 Å². The Balaban J connectivity index is 0.000000103. The van der Waals surface area contributed by atoms with E-state index in [0.717, 1.165) is 17.4 Å². The lowest BCUT2D eigenvalue weighted by atomic mass is 10.1. The molecule has 0 fully saturated rings. The van der Waals surface area contributed by atoms with Gasteiger partial charge >= 0.3 is 0 Å². The highest BCUT2D eigenvalue weighted by Crippen LogP contribution is 2.24. The van der Waals surface area contributed by atoms with Crippen molar-refractivity contribution in [1.82, 2.24) is 5.16 Å². The van der Waals surface area contributed by atoms with Crippen LogP contribution in [-0.2, 0) is 19.3 Å². The number of fused-ring (bicyclic) bond motifs is 3. The summed E-state index contributed by atoms with van der Waals surface area (Å²) in [6.07, 6.45) is 11.2. The molecule has 0 aliphatic heterocycles. The van der Waals surface area contributed by atoms with Crippen molar-refractivity contribution in [1.29, 1.82) is 0 Å². The predicted octanol–water partition coefficient (Wildman–Crippen LogP) is 6.57.